The number of rotatable bonds is 5. The van der Waals surface area contributed by atoms with Crippen LogP contribution >= 0.6 is 11.8 Å². The third kappa shape index (κ3) is 2.57. The van der Waals surface area contributed by atoms with E-state index in [9.17, 15) is 0 Å². The fraction of sp³-hybridized carbons (Fsp3) is 0.571. The molecule has 1 fully saturated rings. The van der Waals surface area contributed by atoms with Crippen LogP contribution in [-0.2, 0) is 0 Å². The van der Waals surface area contributed by atoms with E-state index in [0.717, 1.165) is 23.8 Å². The van der Waals surface area contributed by atoms with E-state index >= 15 is 0 Å². The molecule has 2 atom stereocenters. The summed E-state index contributed by atoms with van der Waals surface area (Å²) in [6.45, 7) is 2.94. The van der Waals surface area contributed by atoms with E-state index in [1.165, 1.54) is 19.3 Å². The SMILES string of the molecule is CCNc1cn2ccnc2c(NC2CCCC2SC)n1. The molecule has 1 aliphatic rings. The summed E-state index contributed by atoms with van der Waals surface area (Å²) in [5.74, 6) is 1.78. The molecule has 3 rings (SSSR count). The van der Waals surface area contributed by atoms with Gasteiger partial charge >= 0.3 is 0 Å². The van der Waals surface area contributed by atoms with Gasteiger partial charge in [0, 0.05) is 30.2 Å². The largest absolute Gasteiger partial charge is 0.369 e. The number of imidazole rings is 1. The smallest absolute Gasteiger partial charge is 0.180 e. The van der Waals surface area contributed by atoms with Gasteiger partial charge in [-0.3, -0.25) is 0 Å². The van der Waals surface area contributed by atoms with E-state index in [1.54, 1.807) is 0 Å². The molecule has 2 heterocycles. The van der Waals surface area contributed by atoms with Crippen molar-refractivity contribution in [1.82, 2.24) is 14.4 Å². The summed E-state index contributed by atoms with van der Waals surface area (Å²) < 4.78 is 2.02. The highest BCUT2D eigenvalue weighted by molar-refractivity contribution is 7.99. The number of hydrogen-bond acceptors (Lipinski definition) is 5. The Kier molecular flexibility index (Phi) is 4.00. The van der Waals surface area contributed by atoms with Crippen molar-refractivity contribution in [2.45, 2.75) is 37.5 Å². The highest BCUT2D eigenvalue weighted by Crippen LogP contribution is 2.31. The van der Waals surface area contributed by atoms with Gasteiger partial charge in [0.15, 0.2) is 11.5 Å². The normalized spacial score (nSPS) is 22.3. The van der Waals surface area contributed by atoms with E-state index in [-0.39, 0.29) is 0 Å². The van der Waals surface area contributed by atoms with Crippen LogP contribution in [0.25, 0.3) is 5.65 Å². The van der Waals surface area contributed by atoms with Crippen molar-refractivity contribution in [1.29, 1.82) is 0 Å². The average molecular weight is 291 g/mol. The van der Waals surface area contributed by atoms with E-state index in [1.807, 2.05) is 34.8 Å². The summed E-state index contributed by atoms with van der Waals surface area (Å²) in [7, 11) is 0. The van der Waals surface area contributed by atoms with Gasteiger partial charge in [0.1, 0.15) is 5.82 Å². The lowest BCUT2D eigenvalue weighted by Gasteiger charge is -2.20. The van der Waals surface area contributed by atoms with Gasteiger partial charge in [0.25, 0.3) is 0 Å². The molecule has 1 saturated carbocycles. The van der Waals surface area contributed by atoms with Crippen molar-refractivity contribution < 1.29 is 0 Å². The number of nitrogens with zero attached hydrogens (tertiary/aromatic N) is 3. The molecule has 1 aliphatic carbocycles. The summed E-state index contributed by atoms with van der Waals surface area (Å²) in [5.41, 5.74) is 0.901. The third-order valence-electron chi connectivity index (χ3n) is 3.81. The van der Waals surface area contributed by atoms with E-state index < -0.39 is 0 Å². The number of aromatic nitrogens is 3. The van der Waals surface area contributed by atoms with Gasteiger partial charge in [-0.05, 0) is 26.0 Å². The predicted molar refractivity (Wildman–Crippen MR) is 85.7 cm³/mol. The lowest BCUT2D eigenvalue weighted by atomic mass is 10.2. The van der Waals surface area contributed by atoms with Crippen LogP contribution in [0.4, 0.5) is 11.6 Å². The van der Waals surface area contributed by atoms with Gasteiger partial charge in [0.05, 0.1) is 6.20 Å². The van der Waals surface area contributed by atoms with E-state index in [2.05, 4.69) is 33.8 Å². The molecule has 108 valence electrons. The quantitative estimate of drug-likeness (QED) is 0.887. The van der Waals surface area contributed by atoms with Crippen LogP contribution in [0.15, 0.2) is 18.6 Å². The fourth-order valence-electron chi connectivity index (χ4n) is 2.84. The van der Waals surface area contributed by atoms with Gasteiger partial charge in [-0.15, -0.1) is 0 Å². The second kappa shape index (κ2) is 5.91. The number of fused-ring (bicyclic) bond motifs is 1. The second-order valence-electron chi connectivity index (χ2n) is 5.12. The highest BCUT2D eigenvalue weighted by Gasteiger charge is 2.27. The Morgan fingerprint density at radius 2 is 2.35 bits per heavy atom. The molecule has 0 bridgehead atoms. The maximum atomic E-state index is 4.68. The molecule has 0 radical (unpaired) electrons. The Morgan fingerprint density at radius 1 is 1.45 bits per heavy atom. The molecule has 20 heavy (non-hydrogen) atoms. The zero-order chi connectivity index (χ0) is 13.9. The maximum absolute atomic E-state index is 4.68. The second-order valence-corrected chi connectivity index (χ2v) is 6.20. The van der Waals surface area contributed by atoms with Crippen molar-refractivity contribution in [3.8, 4) is 0 Å². The summed E-state index contributed by atoms with van der Waals surface area (Å²) >= 11 is 1.95. The summed E-state index contributed by atoms with van der Waals surface area (Å²) in [4.78, 5) is 9.10. The molecular formula is C14H21N5S. The standard InChI is InChI=1S/C14H21N5S/c1-3-15-12-9-19-8-7-16-14(19)13(18-12)17-10-5-4-6-11(10)20-2/h7-11,15H,3-6H2,1-2H3,(H,17,18). The summed E-state index contributed by atoms with van der Waals surface area (Å²) in [5, 5.41) is 7.57. The lowest BCUT2D eigenvalue weighted by Crippen LogP contribution is -2.26. The van der Waals surface area contributed by atoms with E-state index in [4.69, 9.17) is 0 Å². The van der Waals surface area contributed by atoms with Crippen LogP contribution < -0.4 is 10.6 Å². The van der Waals surface area contributed by atoms with Crippen LogP contribution in [-0.4, -0.2) is 38.5 Å². The lowest BCUT2D eigenvalue weighted by molar-refractivity contribution is 0.763. The molecule has 2 unspecified atom stereocenters. The first kappa shape index (κ1) is 13.5. The molecule has 0 aliphatic heterocycles. The van der Waals surface area contributed by atoms with Crippen molar-refractivity contribution in [2.75, 3.05) is 23.4 Å². The predicted octanol–water partition coefficient (Wildman–Crippen LogP) is 2.86. The monoisotopic (exact) mass is 291 g/mol. The molecule has 0 amide bonds. The van der Waals surface area contributed by atoms with Gasteiger partial charge in [0.2, 0.25) is 0 Å². The maximum Gasteiger partial charge on any atom is 0.180 e. The molecule has 2 N–H and O–H groups in total. The molecular weight excluding hydrogens is 270 g/mol. The zero-order valence-electron chi connectivity index (χ0n) is 12.0. The van der Waals surface area contributed by atoms with Crippen LogP contribution in [0.1, 0.15) is 26.2 Å². The number of nitrogens with one attached hydrogen (secondary N) is 2. The highest BCUT2D eigenvalue weighted by atomic mass is 32.2. The Morgan fingerprint density at radius 3 is 3.15 bits per heavy atom. The van der Waals surface area contributed by atoms with Crippen LogP contribution in [0.2, 0.25) is 0 Å². The van der Waals surface area contributed by atoms with Crippen LogP contribution in [0.5, 0.6) is 0 Å². The average Bonchev–Trinajstić information content (AvgIpc) is 3.07. The molecule has 0 saturated heterocycles. The fourth-order valence-corrected chi connectivity index (χ4v) is 3.78. The van der Waals surface area contributed by atoms with Crippen molar-refractivity contribution in [3.05, 3.63) is 18.6 Å². The van der Waals surface area contributed by atoms with Gasteiger partial charge in [-0.2, -0.15) is 11.8 Å². The summed E-state index contributed by atoms with van der Waals surface area (Å²) in [6.07, 6.45) is 11.8. The molecule has 5 nitrogen and oxygen atoms in total. The molecule has 6 heteroatoms. The Labute approximate surface area is 123 Å². The Bertz CT molecular complexity index is 582. The van der Waals surface area contributed by atoms with Gasteiger partial charge < -0.3 is 15.0 Å². The number of anilines is 2. The third-order valence-corrected chi connectivity index (χ3v) is 4.98. The molecule has 0 spiro atoms. The first-order chi connectivity index (χ1) is 9.81. The first-order valence-corrected chi connectivity index (χ1v) is 8.47. The minimum Gasteiger partial charge on any atom is -0.369 e. The Balaban J connectivity index is 1.90. The van der Waals surface area contributed by atoms with Crippen molar-refractivity contribution in [3.63, 3.8) is 0 Å². The topological polar surface area (TPSA) is 54.2 Å². The van der Waals surface area contributed by atoms with Crippen molar-refractivity contribution in [2.24, 2.45) is 0 Å². The first-order valence-electron chi connectivity index (χ1n) is 7.18. The van der Waals surface area contributed by atoms with E-state index in [0.29, 0.717) is 11.3 Å². The molecule has 0 aromatic carbocycles. The molecule has 2 aromatic rings. The molecule has 2 aromatic heterocycles. The van der Waals surface area contributed by atoms with Gasteiger partial charge in [-0.25, -0.2) is 9.97 Å². The Hall–Kier alpha value is -1.43. The van der Waals surface area contributed by atoms with Crippen LogP contribution in [0.3, 0.4) is 0 Å². The minimum absolute atomic E-state index is 0.495. The van der Waals surface area contributed by atoms with Gasteiger partial charge in [-0.1, -0.05) is 6.42 Å². The van der Waals surface area contributed by atoms with Crippen molar-refractivity contribution >= 4 is 29.0 Å². The zero-order valence-corrected chi connectivity index (χ0v) is 12.8. The summed E-state index contributed by atoms with van der Waals surface area (Å²) in [6, 6.07) is 0.495. The minimum atomic E-state index is 0.495. The van der Waals surface area contributed by atoms with Crippen LogP contribution in [0, 0.1) is 0 Å². The number of hydrogen-bond donors (Lipinski definition) is 2. The number of thioether (sulfide) groups is 1.